The van der Waals surface area contributed by atoms with Crippen molar-refractivity contribution in [2.75, 3.05) is 33.4 Å². The van der Waals surface area contributed by atoms with Crippen molar-refractivity contribution < 1.29 is 9.26 Å². The molecular weight excluding hydrogens is 385 g/mol. The van der Waals surface area contributed by atoms with Crippen LogP contribution in [0.3, 0.4) is 0 Å². The van der Waals surface area contributed by atoms with E-state index in [2.05, 4.69) is 25.8 Å². The molecule has 7 nitrogen and oxygen atoms in total. The second-order valence-corrected chi connectivity index (χ2v) is 4.57. The molecule has 21 heavy (non-hydrogen) atoms. The molecule has 8 heteroatoms. The summed E-state index contributed by atoms with van der Waals surface area (Å²) in [5.41, 5.74) is 0. The summed E-state index contributed by atoms with van der Waals surface area (Å²) >= 11 is 0. The van der Waals surface area contributed by atoms with E-state index in [-0.39, 0.29) is 29.9 Å². The van der Waals surface area contributed by atoms with Gasteiger partial charge < -0.3 is 19.9 Å². The van der Waals surface area contributed by atoms with Crippen LogP contribution in [0, 0.1) is 0 Å². The smallest absolute Gasteiger partial charge is 0.228 e. The molecule has 1 aromatic rings. The van der Waals surface area contributed by atoms with Crippen LogP contribution in [0.2, 0.25) is 0 Å². The van der Waals surface area contributed by atoms with Crippen molar-refractivity contribution >= 4 is 29.9 Å². The summed E-state index contributed by atoms with van der Waals surface area (Å²) in [5.74, 6) is 2.42. The summed E-state index contributed by atoms with van der Waals surface area (Å²) in [5, 5.41) is 10.3. The van der Waals surface area contributed by atoms with Gasteiger partial charge in [0.05, 0.1) is 6.61 Å². The molecule has 0 atom stereocenters. The van der Waals surface area contributed by atoms with E-state index >= 15 is 0 Å². The van der Waals surface area contributed by atoms with E-state index < -0.39 is 0 Å². The Morgan fingerprint density at radius 3 is 2.62 bits per heavy atom. The highest BCUT2D eigenvalue weighted by Crippen LogP contribution is 2.09. The van der Waals surface area contributed by atoms with Gasteiger partial charge in [-0.1, -0.05) is 19.0 Å². The quantitative estimate of drug-likeness (QED) is 0.292. The highest BCUT2D eigenvalue weighted by molar-refractivity contribution is 14.0. The highest BCUT2D eigenvalue weighted by Gasteiger charge is 2.09. The van der Waals surface area contributed by atoms with Gasteiger partial charge in [0.15, 0.2) is 11.8 Å². The molecule has 1 aromatic heterocycles. The van der Waals surface area contributed by atoms with Crippen LogP contribution in [0.4, 0.5) is 0 Å². The number of ether oxygens (including phenoxy) is 1. The van der Waals surface area contributed by atoms with E-state index in [4.69, 9.17) is 9.26 Å². The lowest BCUT2D eigenvalue weighted by molar-refractivity contribution is 0.152. The Morgan fingerprint density at radius 2 is 2.05 bits per heavy atom. The molecule has 1 heterocycles. The molecule has 0 unspecified atom stereocenters. The van der Waals surface area contributed by atoms with E-state index in [0.29, 0.717) is 25.5 Å². The van der Waals surface area contributed by atoms with Crippen LogP contribution in [0.15, 0.2) is 9.52 Å². The molecule has 0 spiro atoms. The van der Waals surface area contributed by atoms with E-state index in [1.165, 1.54) is 0 Å². The number of hydrogen-bond acceptors (Lipinski definition) is 5. The molecule has 0 aliphatic rings. The van der Waals surface area contributed by atoms with Crippen molar-refractivity contribution in [1.82, 2.24) is 20.8 Å². The van der Waals surface area contributed by atoms with Crippen molar-refractivity contribution in [2.24, 2.45) is 4.99 Å². The fourth-order valence-corrected chi connectivity index (χ4v) is 1.50. The summed E-state index contributed by atoms with van der Waals surface area (Å²) in [6.45, 7) is 8.86. The molecule has 0 amide bonds. The van der Waals surface area contributed by atoms with Crippen LogP contribution in [0.25, 0.3) is 0 Å². The van der Waals surface area contributed by atoms with E-state index in [0.717, 1.165) is 24.9 Å². The first-order chi connectivity index (χ1) is 9.67. The number of aromatic nitrogens is 2. The third-order valence-corrected chi connectivity index (χ3v) is 2.60. The first-order valence-electron chi connectivity index (χ1n) is 7.02. The molecule has 0 saturated carbocycles. The summed E-state index contributed by atoms with van der Waals surface area (Å²) in [6.07, 6.45) is 0.672. The van der Waals surface area contributed by atoms with Crippen LogP contribution in [0.5, 0.6) is 0 Å². The molecule has 0 aliphatic carbocycles. The lowest BCUT2D eigenvalue weighted by Crippen LogP contribution is -2.39. The number of rotatable bonds is 8. The third kappa shape index (κ3) is 8.20. The SMILES string of the molecule is CCOCCNC(=NC)NCCc1nc(C(C)C)no1.I. The molecule has 0 radical (unpaired) electrons. The van der Waals surface area contributed by atoms with Crippen molar-refractivity contribution in [3.05, 3.63) is 11.7 Å². The van der Waals surface area contributed by atoms with Crippen molar-refractivity contribution in [3.8, 4) is 0 Å². The van der Waals surface area contributed by atoms with Gasteiger partial charge in [-0.25, -0.2) is 0 Å². The second kappa shape index (κ2) is 11.7. The average Bonchev–Trinajstić information content (AvgIpc) is 2.90. The molecule has 0 aliphatic heterocycles. The largest absolute Gasteiger partial charge is 0.380 e. The van der Waals surface area contributed by atoms with Crippen LogP contribution >= 0.6 is 24.0 Å². The first kappa shape index (κ1) is 20.1. The van der Waals surface area contributed by atoms with E-state index in [9.17, 15) is 0 Å². The Morgan fingerprint density at radius 1 is 1.33 bits per heavy atom. The molecule has 0 saturated heterocycles. The maximum absolute atomic E-state index is 5.25. The van der Waals surface area contributed by atoms with Crippen molar-refractivity contribution in [1.29, 1.82) is 0 Å². The highest BCUT2D eigenvalue weighted by atomic mass is 127. The zero-order valence-corrected chi connectivity index (χ0v) is 15.5. The molecule has 2 N–H and O–H groups in total. The third-order valence-electron chi connectivity index (χ3n) is 2.60. The molecule has 0 fully saturated rings. The topological polar surface area (TPSA) is 84.6 Å². The van der Waals surface area contributed by atoms with E-state index in [1.54, 1.807) is 7.05 Å². The normalized spacial score (nSPS) is 11.4. The first-order valence-corrected chi connectivity index (χ1v) is 7.02. The Hall–Kier alpha value is -0.900. The minimum absolute atomic E-state index is 0. The standard InChI is InChI=1S/C13H25N5O2.HI/c1-5-19-9-8-16-13(14-4)15-7-6-11-17-12(10(2)3)18-20-11;/h10H,5-9H2,1-4H3,(H2,14,15,16);1H. The molecular formula is C13H26IN5O2. The van der Waals surface area contributed by atoms with Gasteiger partial charge in [0, 0.05) is 39.1 Å². The Bertz CT molecular complexity index is 409. The lowest BCUT2D eigenvalue weighted by Gasteiger charge is -2.10. The zero-order valence-electron chi connectivity index (χ0n) is 13.2. The van der Waals surface area contributed by atoms with Crippen molar-refractivity contribution in [3.63, 3.8) is 0 Å². The summed E-state index contributed by atoms with van der Waals surface area (Å²) in [6, 6.07) is 0. The van der Waals surface area contributed by atoms with Crippen LogP contribution in [-0.2, 0) is 11.2 Å². The average molecular weight is 411 g/mol. The van der Waals surface area contributed by atoms with Crippen molar-refractivity contribution in [2.45, 2.75) is 33.1 Å². The van der Waals surface area contributed by atoms with Gasteiger partial charge in [-0.15, -0.1) is 24.0 Å². The molecule has 122 valence electrons. The maximum atomic E-state index is 5.25. The van der Waals surface area contributed by atoms with Crippen LogP contribution < -0.4 is 10.6 Å². The molecule has 1 rings (SSSR count). The Balaban J connectivity index is 0.00000400. The molecule has 0 aromatic carbocycles. The number of nitrogens with one attached hydrogen (secondary N) is 2. The monoisotopic (exact) mass is 411 g/mol. The van der Waals surface area contributed by atoms with Gasteiger partial charge in [-0.3, -0.25) is 4.99 Å². The Kier molecular flexibility index (Phi) is 11.2. The minimum Gasteiger partial charge on any atom is -0.380 e. The second-order valence-electron chi connectivity index (χ2n) is 4.57. The molecule has 0 bridgehead atoms. The summed E-state index contributed by atoms with van der Waals surface area (Å²) < 4.78 is 10.4. The van der Waals surface area contributed by atoms with Gasteiger partial charge in [0.1, 0.15) is 0 Å². The van der Waals surface area contributed by atoms with Crippen LogP contribution in [-0.4, -0.2) is 49.5 Å². The summed E-state index contributed by atoms with van der Waals surface area (Å²) in [7, 11) is 1.74. The number of guanidine groups is 1. The fraction of sp³-hybridized carbons (Fsp3) is 0.769. The number of nitrogens with zero attached hydrogens (tertiary/aromatic N) is 3. The minimum atomic E-state index is 0. The van der Waals surface area contributed by atoms with Gasteiger partial charge in [-0.05, 0) is 6.92 Å². The lowest BCUT2D eigenvalue weighted by atomic mass is 10.2. The Labute approximate surface area is 143 Å². The van der Waals surface area contributed by atoms with E-state index in [1.807, 2.05) is 20.8 Å². The van der Waals surface area contributed by atoms with Crippen LogP contribution in [0.1, 0.15) is 38.4 Å². The fourth-order valence-electron chi connectivity index (χ4n) is 1.50. The predicted molar refractivity (Wildman–Crippen MR) is 93.4 cm³/mol. The number of aliphatic imine (C=N–C) groups is 1. The zero-order chi connectivity index (χ0) is 14.8. The van der Waals surface area contributed by atoms with Gasteiger partial charge in [-0.2, -0.15) is 4.98 Å². The number of halogens is 1. The van der Waals surface area contributed by atoms with Gasteiger partial charge in [0.25, 0.3) is 0 Å². The number of hydrogen-bond donors (Lipinski definition) is 2. The maximum Gasteiger partial charge on any atom is 0.228 e. The summed E-state index contributed by atoms with van der Waals surface area (Å²) in [4.78, 5) is 8.44. The van der Waals surface area contributed by atoms with Gasteiger partial charge >= 0.3 is 0 Å². The van der Waals surface area contributed by atoms with Gasteiger partial charge in [0.2, 0.25) is 5.89 Å². The predicted octanol–water partition coefficient (Wildman–Crippen LogP) is 1.55.